The van der Waals surface area contributed by atoms with Crippen molar-refractivity contribution >= 4 is 11.4 Å². The van der Waals surface area contributed by atoms with Gasteiger partial charge < -0.3 is 19.2 Å². The molecule has 0 radical (unpaired) electrons. The lowest BCUT2D eigenvalue weighted by Crippen LogP contribution is -2.35. The molecule has 0 spiro atoms. The summed E-state index contributed by atoms with van der Waals surface area (Å²) < 4.78 is 18.4. The minimum atomic E-state index is -0.419. The van der Waals surface area contributed by atoms with E-state index in [2.05, 4.69) is 15.5 Å². The van der Waals surface area contributed by atoms with Gasteiger partial charge in [0, 0.05) is 12.6 Å². The van der Waals surface area contributed by atoms with Gasteiger partial charge in [-0.1, -0.05) is 0 Å². The number of amides is 1. The highest BCUT2D eigenvalue weighted by Gasteiger charge is 2.13. The molecule has 0 saturated carbocycles. The van der Waals surface area contributed by atoms with E-state index in [4.69, 9.17) is 13.9 Å². The largest absolute Gasteiger partial charge is 0.497 e. The first kappa shape index (κ1) is 20.2. The molecule has 0 aliphatic heterocycles. The van der Waals surface area contributed by atoms with Gasteiger partial charge in [-0.3, -0.25) is 9.59 Å². The molecule has 0 saturated heterocycles. The summed E-state index contributed by atoms with van der Waals surface area (Å²) in [6.45, 7) is 0.167. The maximum atomic E-state index is 12.7. The number of carbonyl (C=O) groups is 1. The van der Waals surface area contributed by atoms with Crippen LogP contribution in [0.4, 0.5) is 0 Å². The van der Waals surface area contributed by atoms with Gasteiger partial charge in [0.1, 0.15) is 35.6 Å². The van der Waals surface area contributed by atoms with Gasteiger partial charge in [-0.25, -0.2) is 9.20 Å². The van der Waals surface area contributed by atoms with Crippen LogP contribution >= 0.6 is 0 Å². The van der Waals surface area contributed by atoms with E-state index >= 15 is 0 Å². The molecule has 0 atom stereocenters. The summed E-state index contributed by atoms with van der Waals surface area (Å²) in [7, 11) is 3.18. The molecule has 31 heavy (non-hydrogen) atoms. The van der Waals surface area contributed by atoms with Crippen LogP contribution in [0, 0.1) is 0 Å². The standard InChI is InChI=1S/C21H21N5O5/c1-29-15-5-6-18(30-2)14(10-15)7-8-22-20(27)12-25-21(28)17-11-16(19-4-3-9-31-19)24-26(17)13-23-25/h3-6,9-11,13H,7-8,12H2,1-2H3,(H,22,27). The number of nitrogens with one attached hydrogen (secondary N) is 1. The maximum Gasteiger partial charge on any atom is 0.293 e. The van der Waals surface area contributed by atoms with Gasteiger partial charge in [-0.2, -0.15) is 10.2 Å². The summed E-state index contributed by atoms with van der Waals surface area (Å²) in [5.74, 6) is 1.64. The molecule has 0 unspecified atom stereocenters. The zero-order valence-electron chi connectivity index (χ0n) is 17.1. The second-order valence-electron chi connectivity index (χ2n) is 6.71. The quantitative estimate of drug-likeness (QED) is 0.457. The van der Waals surface area contributed by atoms with Crippen LogP contribution in [0.1, 0.15) is 5.56 Å². The van der Waals surface area contributed by atoms with E-state index in [-0.39, 0.29) is 12.5 Å². The van der Waals surface area contributed by atoms with Crippen LogP contribution in [-0.4, -0.2) is 46.1 Å². The van der Waals surface area contributed by atoms with E-state index in [1.165, 1.54) is 17.1 Å². The summed E-state index contributed by atoms with van der Waals surface area (Å²) in [5, 5.41) is 11.1. The molecule has 0 bridgehead atoms. The second kappa shape index (κ2) is 8.74. The molecule has 1 aromatic carbocycles. The molecule has 3 heterocycles. The lowest BCUT2D eigenvalue weighted by atomic mass is 10.1. The van der Waals surface area contributed by atoms with Crippen molar-refractivity contribution in [3.63, 3.8) is 0 Å². The van der Waals surface area contributed by atoms with Crippen LogP contribution in [0.3, 0.4) is 0 Å². The zero-order valence-corrected chi connectivity index (χ0v) is 17.1. The van der Waals surface area contributed by atoms with Crippen molar-refractivity contribution in [2.45, 2.75) is 13.0 Å². The molecule has 1 N–H and O–H groups in total. The molecule has 10 nitrogen and oxygen atoms in total. The second-order valence-corrected chi connectivity index (χ2v) is 6.71. The number of rotatable bonds is 8. The fourth-order valence-corrected chi connectivity index (χ4v) is 3.20. The Bertz CT molecular complexity index is 1260. The highest BCUT2D eigenvalue weighted by Crippen LogP contribution is 2.24. The Hall–Kier alpha value is -4.08. The van der Waals surface area contributed by atoms with Crippen LogP contribution in [-0.2, 0) is 17.8 Å². The van der Waals surface area contributed by atoms with Crippen molar-refractivity contribution in [2.24, 2.45) is 0 Å². The molecule has 0 aliphatic rings. The van der Waals surface area contributed by atoms with Crippen LogP contribution in [0.2, 0.25) is 0 Å². The average Bonchev–Trinajstić information content (AvgIpc) is 3.45. The monoisotopic (exact) mass is 423 g/mol. The molecular formula is C21H21N5O5. The number of benzene rings is 1. The third-order valence-electron chi connectivity index (χ3n) is 4.76. The maximum absolute atomic E-state index is 12.7. The number of nitrogens with zero attached hydrogens (tertiary/aromatic N) is 4. The molecule has 160 valence electrons. The SMILES string of the molecule is COc1ccc(OC)c(CCNC(=O)Cn2ncn3nc(-c4ccco4)cc3c2=O)c1. The lowest BCUT2D eigenvalue weighted by Gasteiger charge is -2.11. The summed E-state index contributed by atoms with van der Waals surface area (Å²) in [4.78, 5) is 25.1. The number of hydrogen-bond donors (Lipinski definition) is 1. The van der Waals surface area contributed by atoms with Crippen molar-refractivity contribution < 1.29 is 18.7 Å². The van der Waals surface area contributed by atoms with E-state index in [0.29, 0.717) is 41.4 Å². The highest BCUT2D eigenvalue weighted by molar-refractivity contribution is 5.75. The number of furan rings is 1. The first-order valence-corrected chi connectivity index (χ1v) is 9.56. The highest BCUT2D eigenvalue weighted by atomic mass is 16.5. The van der Waals surface area contributed by atoms with Gasteiger partial charge in [-0.05, 0) is 42.3 Å². The summed E-state index contributed by atoms with van der Waals surface area (Å²) in [6.07, 6.45) is 3.46. The van der Waals surface area contributed by atoms with E-state index in [9.17, 15) is 9.59 Å². The Balaban J connectivity index is 1.42. The fourth-order valence-electron chi connectivity index (χ4n) is 3.20. The molecule has 0 fully saturated rings. The van der Waals surface area contributed by atoms with E-state index in [1.54, 1.807) is 32.4 Å². The number of hydrogen-bond acceptors (Lipinski definition) is 7. The summed E-state index contributed by atoms with van der Waals surface area (Å²) >= 11 is 0. The van der Waals surface area contributed by atoms with Gasteiger partial charge >= 0.3 is 0 Å². The summed E-state index contributed by atoms with van der Waals surface area (Å²) in [5.41, 5.74) is 1.30. The molecule has 4 aromatic rings. The van der Waals surface area contributed by atoms with Crippen LogP contribution in [0.25, 0.3) is 17.0 Å². The van der Waals surface area contributed by atoms with Gasteiger partial charge in [0.15, 0.2) is 5.76 Å². The van der Waals surface area contributed by atoms with Crippen molar-refractivity contribution in [2.75, 3.05) is 20.8 Å². The number of methoxy groups -OCH3 is 2. The van der Waals surface area contributed by atoms with E-state index < -0.39 is 5.56 Å². The Morgan fingerprint density at radius 2 is 2.06 bits per heavy atom. The Kier molecular flexibility index (Phi) is 5.69. The molecule has 4 rings (SSSR count). The smallest absolute Gasteiger partial charge is 0.293 e. The van der Waals surface area contributed by atoms with Crippen molar-refractivity contribution in [1.29, 1.82) is 0 Å². The van der Waals surface area contributed by atoms with Crippen molar-refractivity contribution in [1.82, 2.24) is 24.7 Å². The lowest BCUT2D eigenvalue weighted by molar-refractivity contribution is -0.121. The topological polar surface area (TPSA) is 113 Å². The predicted octanol–water partition coefficient (Wildman–Crippen LogP) is 1.53. The van der Waals surface area contributed by atoms with Crippen LogP contribution in [0.5, 0.6) is 11.5 Å². The Morgan fingerprint density at radius 1 is 1.19 bits per heavy atom. The number of aromatic nitrogens is 4. The van der Waals surface area contributed by atoms with Crippen LogP contribution < -0.4 is 20.3 Å². The van der Waals surface area contributed by atoms with Gasteiger partial charge in [-0.15, -0.1) is 0 Å². The molecule has 10 heteroatoms. The van der Waals surface area contributed by atoms with Gasteiger partial charge in [0.25, 0.3) is 5.56 Å². The summed E-state index contributed by atoms with van der Waals surface area (Å²) in [6, 6.07) is 10.6. The van der Waals surface area contributed by atoms with Gasteiger partial charge in [0.05, 0.1) is 20.5 Å². The fraction of sp³-hybridized carbons (Fsp3) is 0.238. The van der Waals surface area contributed by atoms with Gasteiger partial charge in [0.2, 0.25) is 5.91 Å². The van der Waals surface area contributed by atoms with E-state index in [0.717, 1.165) is 10.2 Å². The predicted molar refractivity (Wildman–Crippen MR) is 111 cm³/mol. The zero-order chi connectivity index (χ0) is 21.8. The first-order chi connectivity index (χ1) is 15.1. The molecular weight excluding hydrogens is 402 g/mol. The molecule has 3 aromatic heterocycles. The van der Waals surface area contributed by atoms with Crippen molar-refractivity contribution in [3.05, 3.63) is 64.9 Å². The third kappa shape index (κ3) is 4.27. The average molecular weight is 423 g/mol. The number of carbonyl (C=O) groups excluding carboxylic acids is 1. The van der Waals surface area contributed by atoms with Crippen LogP contribution in [0.15, 0.2) is 58.2 Å². The van der Waals surface area contributed by atoms with E-state index in [1.807, 2.05) is 18.2 Å². The number of fused-ring (bicyclic) bond motifs is 1. The number of ether oxygens (including phenoxy) is 2. The first-order valence-electron chi connectivity index (χ1n) is 9.56. The molecule has 1 amide bonds. The van der Waals surface area contributed by atoms with Crippen molar-refractivity contribution in [3.8, 4) is 23.0 Å². The Morgan fingerprint density at radius 3 is 2.81 bits per heavy atom. The minimum Gasteiger partial charge on any atom is -0.497 e. The molecule has 0 aliphatic carbocycles. The normalized spacial score (nSPS) is 10.9. The minimum absolute atomic E-state index is 0.203. The third-order valence-corrected chi connectivity index (χ3v) is 4.76. The Labute approximate surface area is 177 Å².